The van der Waals surface area contributed by atoms with Crippen LogP contribution in [0, 0.1) is 21.8 Å². The highest BCUT2D eigenvalue weighted by atomic mass is 19.1. The van der Waals surface area contributed by atoms with Crippen LogP contribution in [0.2, 0.25) is 0 Å². The van der Waals surface area contributed by atoms with Gasteiger partial charge in [-0.05, 0) is 37.8 Å². The second-order valence-electron chi connectivity index (χ2n) is 6.28. The molecule has 0 bridgehead atoms. The number of rotatable bonds is 3. The van der Waals surface area contributed by atoms with Gasteiger partial charge in [0.15, 0.2) is 0 Å². The highest BCUT2D eigenvalue weighted by molar-refractivity contribution is 5.65. The number of hydrogen-bond acceptors (Lipinski definition) is 4. The van der Waals surface area contributed by atoms with Crippen molar-refractivity contribution in [2.24, 2.45) is 5.92 Å². The Kier molecular flexibility index (Phi) is 4.29. The fourth-order valence-corrected chi connectivity index (χ4v) is 4.04. The molecule has 1 heterocycles. The molecule has 5 nitrogen and oxygen atoms in total. The second kappa shape index (κ2) is 6.20. The van der Waals surface area contributed by atoms with Crippen molar-refractivity contribution in [2.45, 2.75) is 50.7 Å². The molecule has 0 amide bonds. The zero-order valence-corrected chi connectivity index (χ0v) is 12.4. The van der Waals surface area contributed by atoms with Crippen molar-refractivity contribution >= 4 is 11.4 Å². The zero-order chi connectivity index (χ0) is 15.7. The lowest BCUT2D eigenvalue weighted by Crippen LogP contribution is -2.43. The van der Waals surface area contributed by atoms with Crippen LogP contribution in [0.4, 0.5) is 15.8 Å². The van der Waals surface area contributed by atoms with Crippen molar-refractivity contribution in [2.75, 3.05) is 11.4 Å². The highest BCUT2D eigenvalue weighted by Gasteiger charge is 2.39. The van der Waals surface area contributed by atoms with Crippen LogP contribution in [0.25, 0.3) is 0 Å². The minimum Gasteiger partial charge on any atom is -0.393 e. The number of nitro benzene ring substituents is 1. The predicted molar refractivity (Wildman–Crippen MR) is 81.4 cm³/mol. The highest BCUT2D eigenvalue weighted by Crippen LogP contribution is 2.40. The molecule has 2 fully saturated rings. The van der Waals surface area contributed by atoms with Crippen molar-refractivity contribution in [1.29, 1.82) is 0 Å². The molecule has 120 valence electrons. The first kappa shape index (κ1) is 15.2. The molecule has 3 atom stereocenters. The number of halogens is 1. The van der Waals surface area contributed by atoms with Crippen molar-refractivity contribution in [3.8, 4) is 0 Å². The Morgan fingerprint density at radius 1 is 1.23 bits per heavy atom. The van der Waals surface area contributed by atoms with Crippen LogP contribution < -0.4 is 4.90 Å². The second-order valence-corrected chi connectivity index (χ2v) is 6.28. The summed E-state index contributed by atoms with van der Waals surface area (Å²) in [6.07, 6.45) is 5.30. The lowest BCUT2D eigenvalue weighted by atomic mass is 9.80. The summed E-state index contributed by atoms with van der Waals surface area (Å²) in [6.45, 7) is 0.679. The summed E-state index contributed by atoms with van der Waals surface area (Å²) < 4.78 is 13.9. The van der Waals surface area contributed by atoms with Gasteiger partial charge in [0, 0.05) is 18.5 Å². The third kappa shape index (κ3) is 2.67. The number of nitrogens with zero attached hydrogens (tertiary/aromatic N) is 2. The molecular weight excluding hydrogens is 287 g/mol. The van der Waals surface area contributed by atoms with Gasteiger partial charge in [-0.15, -0.1) is 0 Å². The van der Waals surface area contributed by atoms with Gasteiger partial charge in [0.25, 0.3) is 0 Å². The summed E-state index contributed by atoms with van der Waals surface area (Å²) in [4.78, 5) is 12.5. The van der Waals surface area contributed by atoms with Crippen molar-refractivity contribution in [3.05, 3.63) is 34.1 Å². The SMILES string of the molecule is O=[N+]([O-])c1c(F)cccc1N1CCC[C@@H]1[C@@H]1CCCC[C@@H]1O. The molecule has 0 aromatic heterocycles. The monoisotopic (exact) mass is 308 g/mol. The van der Waals surface area contributed by atoms with Crippen LogP contribution >= 0.6 is 0 Å². The Labute approximate surface area is 128 Å². The number of aliphatic hydroxyl groups excluding tert-OH is 1. The number of para-hydroxylation sites is 1. The zero-order valence-electron chi connectivity index (χ0n) is 12.4. The quantitative estimate of drug-likeness (QED) is 0.687. The predicted octanol–water partition coefficient (Wildman–Crippen LogP) is 3.25. The Morgan fingerprint density at radius 3 is 2.73 bits per heavy atom. The molecule has 6 heteroatoms. The molecule has 1 aliphatic heterocycles. The summed E-state index contributed by atoms with van der Waals surface area (Å²) in [5, 5.41) is 21.5. The van der Waals surface area contributed by atoms with E-state index in [0.29, 0.717) is 12.2 Å². The normalized spacial score (nSPS) is 28.8. The fourth-order valence-electron chi connectivity index (χ4n) is 4.04. The molecule has 0 unspecified atom stereocenters. The Hall–Kier alpha value is -1.69. The van der Waals surface area contributed by atoms with E-state index in [0.717, 1.165) is 44.6 Å². The maximum Gasteiger partial charge on any atom is 0.327 e. The van der Waals surface area contributed by atoms with Crippen LogP contribution in [0.5, 0.6) is 0 Å². The van der Waals surface area contributed by atoms with E-state index in [2.05, 4.69) is 0 Å². The molecule has 1 aliphatic carbocycles. The summed E-state index contributed by atoms with van der Waals surface area (Å²) in [5.41, 5.74) is -0.0926. The molecule has 22 heavy (non-hydrogen) atoms. The molecule has 1 N–H and O–H groups in total. The molecule has 0 spiro atoms. The van der Waals surface area contributed by atoms with Gasteiger partial charge >= 0.3 is 5.69 Å². The molecule has 1 saturated carbocycles. The van der Waals surface area contributed by atoms with E-state index in [4.69, 9.17) is 0 Å². The minimum absolute atomic E-state index is 0.0656. The summed E-state index contributed by atoms with van der Waals surface area (Å²) in [6, 6.07) is 4.33. The standard InChI is InChI=1S/C16H21FN2O3/c17-12-6-3-7-14(16(12)19(21)22)18-10-4-8-13(18)11-5-1-2-9-15(11)20/h3,6-7,11,13,15,20H,1-2,4-5,8-10H2/t11-,13+,15-/m0/s1. The number of nitro groups is 1. The summed E-state index contributed by atoms with van der Waals surface area (Å²) >= 11 is 0. The summed E-state index contributed by atoms with van der Waals surface area (Å²) in [7, 11) is 0. The third-order valence-electron chi connectivity index (χ3n) is 5.03. The van der Waals surface area contributed by atoms with E-state index >= 15 is 0 Å². The third-order valence-corrected chi connectivity index (χ3v) is 5.03. The van der Waals surface area contributed by atoms with Gasteiger partial charge in [0.05, 0.1) is 11.0 Å². The maximum atomic E-state index is 13.9. The van der Waals surface area contributed by atoms with Gasteiger partial charge < -0.3 is 10.0 Å². The van der Waals surface area contributed by atoms with Gasteiger partial charge in [0.1, 0.15) is 5.69 Å². The maximum absolute atomic E-state index is 13.9. The number of aliphatic hydroxyl groups is 1. The van der Waals surface area contributed by atoms with Crippen LogP contribution in [0.15, 0.2) is 18.2 Å². The van der Waals surface area contributed by atoms with E-state index in [-0.39, 0.29) is 18.1 Å². The molecule has 1 aromatic carbocycles. The van der Waals surface area contributed by atoms with Crippen LogP contribution in [-0.4, -0.2) is 28.7 Å². The first-order valence-electron chi connectivity index (χ1n) is 7.97. The molecule has 1 aromatic rings. The molecule has 1 saturated heterocycles. The van der Waals surface area contributed by atoms with E-state index in [1.165, 1.54) is 6.07 Å². The van der Waals surface area contributed by atoms with Gasteiger partial charge in [-0.2, -0.15) is 4.39 Å². The van der Waals surface area contributed by atoms with Crippen LogP contribution in [0.1, 0.15) is 38.5 Å². The number of benzene rings is 1. The first-order valence-corrected chi connectivity index (χ1v) is 7.97. The molecule has 0 radical (unpaired) electrons. The van der Waals surface area contributed by atoms with E-state index in [1.807, 2.05) is 4.90 Å². The minimum atomic E-state index is -0.794. The van der Waals surface area contributed by atoms with Crippen LogP contribution in [0.3, 0.4) is 0 Å². The lowest BCUT2D eigenvalue weighted by Gasteiger charge is -2.38. The summed E-state index contributed by atoms with van der Waals surface area (Å²) in [5.74, 6) is -0.670. The average molecular weight is 308 g/mol. The average Bonchev–Trinajstić information content (AvgIpc) is 2.96. The molecule has 3 rings (SSSR count). The Morgan fingerprint density at radius 2 is 2.00 bits per heavy atom. The molecular formula is C16H21FN2O3. The molecule has 2 aliphatic rings. The topological polar surface area (TPSA) is 66.6 Å². The van der Waals surface area contributed by atoms with Crippen molar-refractivity contribution < 1.29 is 14.4 Å². The Balaban J connectivity index is 1.93. The first-order chi connectivity index (χ1) is 10.6. The van der Waals surface area contributed by atoms with Crippen molar-refractivity contribution in [3.63, 3.8) is 0 Å². The van der Waals surface area contributed by atoms with Gasteiger partial charge in [-0.3, -0.25) is 10.1 Å². The number of anilines is 1. The van der Waals surface area contributed by atoms with Gasteiger partial charge in [0.2, 0.25) is 5.82 Å². The largest absolute Gasteiger partial charge is 0.393 e. The van der Waals surface area contributed by atoms with Gasteiger partial charge in [-0.1, -0.05) is 18.9 Å². The van der Waals surface area contributed by atoms with E-state index in [1.54, 1.807) is 6.07 Å². The van der Waals surface area contributed by atoms with E-state index in [9.17, 15) is 19.6 Å². The van der Waals surface area contributed by atoms with Gasteiger partial charge in [-0.25, -0.2) is 0 Å². The van der Waals surface area contributed by atoms with Crippen molar-refractivity contribution in [1.82, 2.24) is 0 Å². The lowest BCUT2D eigenvalue weighted by molar-refractivity contribution is -0.386. The smallest absolute Gasteiger partial charge is 0.327 e. The fraction of sp³-hybridized carbons (Fsp3) is 0.625. The van der Waals surface area contributed by atoms with E-state index < -0.39 is 16.4 Å². The van der Waals surface area contributed by atoms with Crippen LogP contribution in [-0.2, 0) is 0 Å². The Bertz CT molecular complexity index is 566. The number of hydrogen-bond donors (Lipinski definition) is 1.